The molecule has 0 aromatic rings. The Hall–Kier alpha value is -0.660. The SMILES string of the molecule is CC(N=O)C1C=CCC1. The molecule has 2 atom stereocenters. The Morgan fingerprint density at radius 3 is 3.00 bits per heavy atom. The lowest BCUT2D eigenvalue weighted by atomic mass is 10.0. The van der Waals surface area contributed by atoms with E-state index in [2.05, 4.69) is 17.3 Å². The summed E-state index contributed by atoms with van der Waals surface area (Å²) in [4.78, 5) is 10.0. The number of hydrogen-bond acceptors (Lipinski definition) is 2. The Labute approximate surface area is 54.9 Å². The van der Waals surface area contributed by atoms with Gasteiger partial charge in [0, 0.05) is 5.92 Å². The second-order valence-corrected chi connectivity index (χ2v) is 2.52. The lowest BCUT2D eigenvalue weighted by Crippen LogP contribution is -2.08. The van der Waals surface area contributed by atoms with E-state index in [1.54, 1.807) is 0 Å². The van der Waals surface area contributed by atoms with Crippen LogP contribution >= 0.6 is 0 Å². The van der Waals surface area contributed by atoms with Gasteiger partial charge in [0.15, 0.2) is 0 Å². The zero-order chi connectivity index (χ0) is 6.69. The standard InChI is InChI=1S/C7H11NO/c1-6(8-9)7-4-2-3-5-7/h2,4,6-7H,3,5H2,1H3. The van der Waals surface area contributed by atoms with Crippen molar-refractivity contribution < 1.29 is 0 Å². The molecule has 0 saturated carbocycles. The molecular formula is C7H11NO. The average Bonchev–Trinajstić information content (AvgIpc) is 2.37. The highest BCUT2D eigenvalue weighted by molar-refractivity contribution is 4.99. The minimum absolute atomic E-state index is 0.0243. The summed E-state index contributed by atoms with van der Waals surface area (Å²) in [5.74, 6) is 0.419. The number of rotatable bonds is 2. The van der Waals surface area contributed by atoms with E-state index in [0.29, 0.717) is 5.92 Å². The third-order valence-corrected chi connectivity index (χ3v) is 1.84. The van der Waals surface area contributed by atoms with Gasteiger partial charge in [-0.25, -0.2) is 0 Å². The summed E-state index contributed by atoms with van der Waals surface area (Å²) >= 11 is 0. The highest BCUT2D eigenvalue weighted by Gasteiger charge is 2.16. The summed E-state index contributed by atoms with van der Waals surface area (Å²) in [6, 6.07) is -0.0243. The van der Waals surface area contributed by atoms with Crippen molar-refractivity contribution in [3.05, 3.63) is 17.1 Å². The first kappa shape index (κ1) is 6.46. The molecule has 9 heavy (non-hydrogen) atoms. The van der Waals surface area contributed by atoms with Gasteiger partial charge >= 0.3 is 0 Å². The van der Waals surface area contributed by atoms with Crippen LogP contribution in [0.4, 0.5) is 0 Å². The van der Waals surface area contributed by atoms with Crippen molar-refractivity contribution in [2.24, 2.45) is 11.1 Å². The molecular weight excluding hydrogens is 114 g/mol. The molecule has 1 aliphatic carbocycles. The predicted octanol–water partition coefficient (Wildman–Crippen LogP) is 2.11. The van der Waals surface area contributed by atoms with Crippen LogP contribution in [0, 0.1) is 10.8 Å². The fraction of sp³-hybridized carbons (Fsp3) is 0.714. The Bertz CT molecular complexity index is 131. The first-order chi connectivity index (χ1) is 4.34. The van der Waals surface area contributed by atoms with Crippen LogP contribution < -0.4 is 0 Å². The molecule has 2 heteroatoms. The van der Waals surface area contributed by atoms with Crippen LogP contribution in [-0.4, -0.2) is 6.04 Å². The second-order valence-electron chi connectivity index (χ2n) is 2.52. The van der Waals surface area contributed by atoms with E-state index in [4.69, 9.17) is 0 Å². The molecule has 0 aromatic carbocycles. The van der Waals surface area contributed by atoms with E-state index in [9.17, 15) is 4.91 Å². The third kappa shape index (κ3) is 1.37. The minimum Gasteiger partial charge on any atom is -0.151 e. The molecule has 0 radical (unpaired) electrons. The number of allylic oxidation sites excluding steroid dienone is 1. The van der Waals surface area contributed by atoms with Gasteiger partial charge in [0.1, 0.15) is 0 Å². The molecule has 50 valence electrons. The average molecular weight is 125 g/mol. The highest BCUT2D eigenvalue weighted by atomic mass is 16.3. The Morgan fingerprint density at radius 2 is 2.56 bits per heavy atom. The maximum atomic E-state index is 10.0. The van der Waals surface area contributed by atoms with Crippen molar-refractivity contribution in [3.8, 4) is 0 Å². The molecule has 1 aliphatic rings. The van der Waals surface area contributed by atoms with Crippen LogP contribution in [-0.2, 0) is 0 Å². The van der Waals surface area contributed by atoms with Gasteiger partial charge in [0.2, 0.25) is 0 Å². The van der Waals surface area contributed by atoms with E-state index in [-0.39, 0.29) is 6.04 Å². The van der Waals surface area contributed by atoms with Gasteiger partial charge in [-0.3, -0.25) is 0 Å². The zero-order valence-electron chi connectivity index (χ0n) is 5.58. The predicted molar refractivity (Wildman–Crippen MR) is 37.1 cm³/mol. The number of nitroso groups, excluding NO2 is 1. The zero-order valence-corrected chi connectivity index (χ0v) is 5.58. The first-order valence-electron chi connectivity index (χ1n) is 3.33. The van der Waals surface area contributed by atoms with Crippen molar-refractivity contribution in [1.29, 1.82) is 0 Å². The fourth-order valence-corrected chi connectivity index (χ4v) is 1.14. The molecule has 0 N–H and O–H groups in total. The van der Waals surface area contributed by atoms with E-state index in [1.807, 2.05) is 6.92 Å². The molecule has 0 amide bonds. The lowest BCUT2D eigenvalue weighted by Gasteiger charge is -2.07. The van der Waals surface area contributed by atoms with Crippen molar-refractivity contribution in [2.75, 3.05) is 0 Å². The maximum Gasteiger partial charge on any atom is 0.0954 e. The van der Waals surface area contributed by atoms with Gasteiger partial charge in [-0.1, -0.05) is 17.3 Å². The Morgan fingerprint density at radius 1 is 1.78 bits per heavy atom. The van der Waals surface area contributed by atoms with Crippen LogP contribution in [0.1, 0.15) is 19.8 Å². The molecule has 2 nitrogen and oxygen atoms in total. The van der Waals surface area contributed by atoms with Crippen molar-refractivity contribution in [2.45, 2.75) is 25.8 Å². The van der Waals surface area contributed by atoms with Crippen molar-refractivity contribution in [1.82, 2.24) is 0 Å². The molecule has 2 unspecified atom stereocenters. The Balaban J connectivity index is 2.42. The third-order valence-electron chi connectivity index (χ3n) is 1.84. The van der Waals surface area contributed by atoms with Crippen LogP contribution in [0.25, 0.3) is 0 Å². The molecule has 0 bridgehead atoms. The van der Waals surface area contributed by atoms with Crippen LogP contribution in [0.5, 0.6) is 0 Å². The first-order valence-corrected chi connectivity index (χ1v) is 3.33. The number of hydrogen-bond donors (Lipinski definition) is 0. The van der Waals surface area contributed by atoms with Gasteiger partial charge in [0.05, 0.1) is 6.04 Å². The maximum absolute atomic E-state index is 10.0. The number of nitrogens with zero attached hydrogens (tertiary/aromatic N) is 1. The van der Waals surface area contributed by atoms with E-state index in [0.717, 1.165) is 12.8 Å². The van der Waals surface area contributed by atoms with Crippen molar-refractivity contribution in [3.63, 3.8) is 0 Å². The van der Waals surface area contributed by atoms with Crippen molar-refractivity contribution >= 4 is 0 Å². The fourth-order valence-electron chi connectivity index (χ4n) is 1.14. The molecule has 0 spiro atoms. The summed E-state index contributed by atoms with van der Waals surface area (Å²) in [7, 11) is 0. The minimum atomic E-state index is -0.0243. The smallest absolute Gasteiger partial charge is 0.0954 e. The van der Waals surface area contributed by atoms with E-state index in [1.165, 1.54) is 0 Å². The monoisotopic (exact) mass is 125 g/mol. The molecule has 0 saturated heterocycles. The van der Waals surface area contributed by atoms with Gasteiger partial charge in [-0.05, 0) is 19.8 Å². The van der Waals surface area contributed by atoms with Crippen LogP contribution in [0.2, 0.25) is 0 Å². The van der Waals surface area contributed by atoms with Gasteiger partial charge in [-0.2, -0.15) is 4.91 Å². The topological polar surface area (TPSA) is 29.4 Å². The van der Waals surface area contributed by atoms with Gasteiger partial charge in [0.25, 0.3) is 0 Å². The van der Waals surface area contributed by atoms with E-state index < -0.39 is 0 Å². The second kappa shape index (κ2) is 2.76. The normalized spacial score (nSPS) is 28.3. The summed E-state index contributed by atoms with van der Waals surface area (Å²) < 4.78 is 0. The molecule has 0 aromatic heterocycles. The van der Waals surface area contributed by atoms with E-state index >= 15 is 0 Å². The molecule has 0 aliphatic heterocycles. The lowest BCUT2D eigenvalue weighted by molar-refractivity contribution is 0.525. The summed E-state index contributed by atoms with van der Waals surface area (Å²) in [6.45, 7) is 1.87. The highest BCUT2D eigenvalue weighted by Crippen LogP contribution is 2.21. The van der Waals surface area contributed by atoms with Crippen LogP contribution in [0.3, 0.4) is 0 Å². The van der Waals surface area contributed by atoms with Gasteiger partial charge in [-0.15, -0.1) is 0 Å². The summed E-state index contributed by atoms with van der Waals surface area (Å²) in [5.41, 5.74) is 0. The van der Waals surface area contributed by atoms with Crippen LogP contribution in [0.15, 0.2) is 17.3 Å². The Kier molecular flexibility index (Phi) is 1.98. The summed E-state index contributed by atoms with van der Waals surface area (Å²) in [5, 5.41) is 2.97. The quantitative estimate of drug-likeness (QED) is 0.410. The molecule has 0 heterocycles. The molecule has 0 fully saturated rings. The summed E-state index contributed by atoms with van der Waals surface area (Å²) in [6.07, 6.45) is 6.43. The molecule has 1 rings (SSSR count). The largest absolute Gasteiger partial charge is 0.151 e. The van der Waals surface area contributed by atoms with Gasteiger partial charge < -0.3 is 0 Å².